The number of nitrogens with one attached hydrogen (secondary N) is 1. The molecule has 3 aromatic rings. The van der Waals surface area contributed by atoms with Crippen LogP contribution < -0.4 is 14.8 Å². The highest BCUT2D eigenvalue weighted by molar-refractivity contribution is 6.34. The average Bonchev–Trinajstić information content (AvgIpc) is 3.08. The van der Waals surface area contributed by atoms with Gasteiger partial charge in [-0.2, -0.15) is 5.10 Å². The Bertz CT molecular complexity index is 972. The molecule has 1 amide bonds. The molecule has 0 saturated heterocycles. The average molecular weight is 388 g/mol. The van der Waals surface area contributed by atoms with E-state index < -0.39 is 11.7 Å². The SMILES string of the molecule is O=C(Nc1cnn(CC2COc3ccccc3O2)c1)c1c(F)cccc1Cl. The largest absolute Gasteiger partial charge is 0.486 e. The second-order valence-corrected chi connectivity index (χ2v) is 6.41. The molecule has 4 rings (SSSR count). The van der Waals surface area contributed by atoms with E-state index >= 15 is 0 Å². The Morgan fingerprint density at radius 1 is 1.26 bits per heavy atom. The molecule has 6 nitrogen and oxygen atoms in total. The second-order valence-electron chi connectivity index (χ2n) is 6.00. The van der Waals surface area contributed by atoms with Gasteiger partial charge in [0.1, 0.15) is 12.4 Å². The molecule has 8 heteroatoms. The van der Waals surface area contributed by atoms with Crippen molar-refractivity contribution in [3.05, 3.63) is 71.3 Å². The molecule has 1 atom stereocenters. The molecular formula is C19H15ClFN3O3. The number of para-hydroxylation sites is 2. The summed E-state index contributed by atoms with van der Waals surface area (Å²) in [7, 11) is 0. The van der Waals surface area contributed by atoms with Gasteiger partial charge in [-0.25, -0.2) is 4.39 Å². The normalized spacial score (nSPS) is 15.4. The van der Waals surface area contributed by atoms with Crippen molar-refractivity contribution in [2.45, 2.75) is 12.6 Å². The zero-order chi connectivity index (χ0) is 18.8. The molecule has 1 N–H and O–H groups in total. The van der Waals surface area contributed by atoms with Crippen molar-refractivity contribution in [3.8, 4) is 11.5 Å². The van der Waals surface area contributed by atoms with Crippen LogP contribution in [0.5, 0.6) is 11.5 Å². The van der Waals surface area contributed by atoms with Crippen molar-refractivity contribution in [2.75, 3.05) is 11.9 Å². The van der Waals surface area contributed by atoms with E-state index in [1.54, 1.807) is 10.9 Å². The molecule has 1 aromatic heterocycles. The second kappa shape index (κ2) is 7.28. The lowest BCUT2D eigenvalue weighted by molar-refractivity contribution is 0.0759. The van der Waals surface area contributed by atoms with Gasteiger partial charge in [0, 0.05) is 6.20 Å². The Morgan fingerprint density at radius 2 is 2.07 bits per heavy atom. The topological polar surface area (TPSA) is 65.4 Å². The molecule has 0 aliphatic carbocycles. The quantitative estimate of drug-likeness (QED) is 0.740. The maximum atomic E-state index is 13.8. The van der Waals surface area contributed by atoms with Gasteiger partial charge < -0.3 is 14.8 Å². The van der Waals surface area contributed by atoms with E-state index in [2.05, 4.69) is 10.4 Å². The van der Waals surface area contributed by atoms with Crippen LogP contribution in [-0.4, -0.2) is 28.4 Å². The summed E-state index contributed by atoms with van der Waals surface area (Å²) in [6.45, 7) is 0.827. The van der Waals surface area contributed by atoms with Gasteiger partial charge in [-0.1, -0.05) is 29.8 Å². The number of aromatic nitrogens is 2. The minimum Gasteiger partial charge on any atom is -0.486 e. The van der Waals surface area contributed by atoms with E-state index in [-0.39, 0.29) is 16.7 Å². The molecular weight excluding hydrogens is 373 g/mol. The molecule has 0 bridgehead atoms. The van der Waals surface area contributed by atoms with E-state index in [1.165, 1.54) is 24.4 Å². The zero-order valence-electron chi connectivity index (χ0n) is 14.1. The van der Waals surface area contributed by atoms with Gasteiger partial charge in [0.25, 0.3) is 5.91 Å². The van der Waals surface area contributed by atoms with Gasteiger partial charge in [0.15, 0.2) is 17.6 Å². The van der Waals surface area contributed by atoms with Crippen LogP contribution in [0.25, 0.3) is 0 Å². The molecule has 2 heterocycles. The van der Waals surface area contributed by atoms with Crippen molar-refractivity contribution in [3.63, 3.8) is 0 Å². The zero-order valence-corrected chi connectivity index (χ0v) is 14.8. The van der Waals surface area contributed by atoms with Gasteiger partial charge in [-0.05, 0) is 24.3 Å². The van der Waals surface area contributed by atoms with E-state index in [4.69, 9.17) is 21.1 Å². The van der Waals surface area contributed by atoms with Crippen molar-refractivity contribution >= 4 is 23.2 Å². The Labute approximate surface area is 159 Å². The molecule has 0 saturated carbocycles. The predicted octanol–water partition coefficient (Wildman–Crippen LogP) is 3.77. The lowest BCUT2D eigenvalue weighted by Gasteiger charge is -2.26. The number of ether oxygens (including phenoxy) is 2. The Hall–Kier alpha value is -3.06. The van der Waals surface area contributed by atoms with Crippen LogP contribution in [0.2, 0.25) is 5.02 Å². The van der Waals surface area contributed by atoms with Crippen LogP contribution in [0.3, 0.4) is 0 Å². The third-order valence-corrected chi connectivity index (χ3v) is 4.35. The number of amides is 1. The summed E-state index contributed by atoms with van der Waals surface area (Å²) < 4.78 is 27.0. The number of hydrogen-bond donors (Lipinski definition) is 1. The number of hydrogen-bond acceptors (Lipinski definition) is 4. The maximum Gasteiger partial charge on any atom is 0.260 e. The fourth-order valence-corrected chi connectivity index (χ4v) is 3.05. The number of benzene rings is 2. The molecule has 0 spiro atoms. The summed E-state index contributed by atoms with van der Waals surface area (Å²) in [5.41, 5.74) is 0.226. The summed E-state index contributed by atoms with van der Waals surface area (Å²) in [4.78, 5) is 12.3. The first-order chi connectivity index (χ1) is 13.1. The fourth-order valence-electron chi connectivity index (χ4n) is 2.80. The lowest BCUT2D eigenvalue weighted by atomic mass is 10.2. The number of anilines is 1. The standard InChI is InChI=1S/C19H15ClFN3O3/c20-14-4-3-5-15(21)18(14)19(25)23-12-8-22-24(9-12)10-13-11-26-16-6-1-2-7-17(16)27-13/h1-9,13H,10-11H2,(H,23,25). The van der Waals surface area contributed by atoms with Crippen LogP contribution in [0, 0.1) is 5.82 Å². The van der Waals surface area contributed by atoms with Crippen molar-refractivity contribution in [1.29, 1.82) is 0 Å². The number of carbonyl (C=O) groups is 1. The van der Waals surface area contributed by atoms with Crippen LogP contribution in [-0.2, 0) is 6.54 Å². The van der Waals surface area contributed by atoms with Crippen molar-refractivity contribution in [2.24, 2.45) is 0 Å². The highest BCUT2D eigenvalue weighted by Crippen LogP contribution is 2.31. The number of rotatable bonds is 4. The van der Waals surface area contributed by atoms with E-state index in [9.17, 15) is 9.18 Å². The van der Waals surface area contributed by atoms with Crippen LogP contribution >= 0.6 is 11.6 Å². The van der Waals surface area contributed by atoms with Crippen molar-refractivity contribution < 1.29 is 18.7 Å². The van der Waals surface area contributed by atoms with Crippen LogP contribution in [0.1, 0.15) is 10.4 Å². The minimum absolute atomic E-state index is 0.0475. The van der Waals surface area contributed by atoms with Crippen molar-refractivity contribution in [1.82, 2.24) is 9.78 Å². The van der Waals surface area contributed by atoms with Gasteiger partial charge in [-0.3, -0.25) is 9.48 Å². The molecule has 1 aliphatic rings. The summed E-state index contributed by atoms with van der Waals surface area (Å²) in [6.07, 6.45) is 2.89. The minimum atomic E-state index is -0.682. The number of halogens is 2. The summed E-state index contributed by atoms with van der Waals surface area (Å²) >= 11 is 5.91. The van der Waals surface area contributed by atoms with Gasteiger partial charge in [-0.15, -0.1) is 0 Å². The monoisotopic (exact) mass is 387 g/mol. The van der Waals surface area contributed by atoms with Gasteiger partial charge in [0.2, 0.25) is 0 Å². The Balaban J connectivity index is 1.41. The molecule has 138 valence electrons. The Morgan fingerprint density at radius 3 is 2.89 bits per heavy atom. The number of carbonyl (C=O) groups excluding carboxylic acids is 1. The van der Waals surface area contributed by atoms with Gasteiger partial charge >= 0.3 is 0 Å². The molecule has 2 aromatic carbocycles. The fraction of sp³-hybridized carbons (Fsp3) is 0.158. The third-order valence-electron chi connectivity index (χ3n) is 4.04. The first kappa shape index (κ1) is 17.4. The number of fused-ring (bicyclic) bond motifs is 1. The van der Waals surface area contributed by atoms with Gasteiger partial charge in [0.05, 0.1) is 29.0 Å². The lowest BCUT2D eigenvalue weighted by Crippen LogP contribution is -2.33. The smallest absolute Gasteiger partial charge is 0.260 e. The summed E-state index contributed by atoms with van der Waals surface area (Å²) in [5.74, 6) is 0.0789. The third kappa shape index (κ3) is 3.73. The van der Waals surface area contributed by atoms with E-state index in [0.29, 0.717) is 30.3 Å². The molecule has 1 unspecified atom stereocenters. The van der Waals surface area contributed by atoms with Crippen LogP contribution in [0.4, 0.5) is 10.1 Å². The highest BCUT2D eigenvalue weighted by atomic mass is 35.5. The Kier molecular flexibility index (Phi) is 4.68. The number of nitrogens with zero attached hydrogens (tertiary/aromatic N) is 2. The van der Waals surface area contributed by atoms with Crippen LogP contribution in [0.15, 0.2) is 54.9 Å². The molecule has 0 fully saturated rings. The first-order valence-corrected chi connectivity index (χ1v) is 8.64. The molecule has 0 radical (unpaired) electrons. The molecule has 27 heavy (non-hydrogen) atoms. The van der Waals surface area contributed by atoms with E-state index in [0.717, 1.165) is 0 Å². The summed E-state index contributed by atoms with van der Waals surface area (Å²) in [5, 5.41) is 6.84. The molecule has 1 aliphatic heterocycles. The summed E-state index contributed by atoms with van der Waals surface area (Å²) in [6, 6.07) is 11.5. The van der Waals surface area contributed by atoms with E-state index in [1.807, 2.05) is 24.3 Å². The first-order valence-electron chi connectivity index (χ1n) is 8.26. The highest BCUT2D eigenvalue weighted by Gasteiger charge is 2.22. The maximum absolute atomic E-state index is 13.8. The predicted molar refractivity (Wildman–Crippen MR) is 97.9 cm³/mol.